The van der Waals surface area contributed by atoms with E-state index < -0.39 is 23.8 Å². The highest BCUT2D eigenvalue weighted by Gasteiger charge is 2.23. The SMILES string of the molecule is Cc1nc(C(=O)NC(CCC(N)=O)C(=O)O)no1. The molecule has 18 heavy (non-hydrogen) atoms. The smallest absolute Gasteiger partial charge is 0.326 e. The van der Waals surface area contributed by atoms with Crippen LogP contribution in [0.3, 0.4) is 0 Å². The van der Waals surface area contributed by atoms with Gasteiger partial charge < -0.3 is 20.7 Å². The summed E-state index contributed by atoms with van der Waals surface area (Å²) < 4.78 is 4.58. The molecule has 0 spiro atoms. The van der Waals surface area contributed by atoms with Crippen molar-refractivity contribution in [3.05, 3.63) is 11.7 Å². The van der Waals surface area contributed by atoms with Crippen molar-refractivity contribution < 1.29 is 24.0 Å². The number of aromatic nitrogens is 2. The van der Waals surface area contributed by atoms with E-state index in [1.165, 1.54) is 6.92 Å². The average Bonchev–Trinajstić information content (AvgIpc) is 2.70. The zero-order valence-electron chi connectivity index (χ0n) is 9.54. The first kappa shape index (κ1) is 13.6. The van der Waals surface area contributed by atoms with Gasteiger partial charge in [0.05, 0.1) is 0 Å². The average molecular weight is 256 g/mol. The fourth-order valence-corrected chi connectivity index (χ4v) is 1.16. The third-order valence-electron chi connectivity index (χ3n) is 2.01. The van der Waals surface area contributed by atoms with Gasteiger partial charge in [0.15, 0.2) is 0 Å². The summed E-state index contributed by atoms with van der Waals surface area (Å²) in [5.74, 6) is -2.79. The Morgan fingerprint density at radius 2 is 2.17 bits per heavy atom. The van der Waals surface area contributed by atoms with Crippen LogP contribution in [-0.2, 0) is 9.59 Å². The number of carbonyl (C=O) groups is 3. The number of aryl methyl sites for hydroxylation is 1. The molecule has 1 aromatic heterocycles. The third-order valence-corrected chi connectivity index (χ3v) is 2.01. The van der Waals surface area contributed by atoms with Crippen LogP contribution in [0.25, 0.3) is 0 Å². The Bertz CT molecular complexity index is 469. The highest BCUT2D eigenvalue weighted by atomic mass is 16.5. The molecule has 2 amide bonds. The molecule has 0 aliphatic rings. The van der Waals surface area contributed by atoms with Crippen molar-refractivity contribution in [1.29, 1.82) is 0 Å². The van der Waals surface area contributed by atoms with Crippen molar-refractivity contribution >= 4 is 17.8 Å². The molecule has 0 aliphatic heterocycles. The Morgan fingerprint density at radius 1 is 1.50 bits per heavy atom. The number of rotatable bonds is 6. The molecule has 4 N–H and O–H groups in total. The predicted octanol–water partition coefficient (Wildman–Crippen LogP) is -1.17. The van der Waals surface area contributed by atoms with Gasteiger partial charge in [-0.3, -0.25) is 9.59 Å². The van der Waals surface area contributed by atoms with Crippen LogP contribution in [0.15, 0.2) is 4.52 Å². The third kappa shape index (κ3) is 3.85. The van der Waals surface area contributed by atoms with Crippen LogP contribution in [0.5, 0.6) is 0 Å². The van der Waals surface area contributed by atoms with Gasteiger partial charge in [-0.25, -0.2) is 4.79 Å². The molecular formula is C9H12N4O5. The number of nitrogens with one attached hydrogen (secondary N) is 1. The van der Waals surface area contributed by atoms with E-state index in [1.807, 2.05) is 0 Å². The van der Waals surface area contributed by atoms with Crippen molar-refractivity contribution in [2.24, 2.45) is 5.73 Å². The van der Waals surface area contributed by atoms with Gasteiger partial charge in [0.2, 0.25) is 11.8 Å². The molecule has 1 rings (SSSR count). The first-order valence-corrected chi connectivity index (χ1v) is 5.02. The number of carboxylic acid groups (broad SMARTS) is 1. The van der Waals surface area contributed by atoms with E-state index >= 15 is 0 Å². The van der Waals surface area contributed by atoms with Crippen LogP contribution in [0.1, 0.15) is 29.4 Å². The van der Waals surface area contributed by atoms with E-state index in [9.17, 15) is 14.4 Å². The van der Waals surface area contributed by atoms with E-state index in [-0.39, 0.29) is 24.6 Å². The number of nitrogens with zero attached hydrogens (tertiary/aromatic N) is 2. The zero-order valence-corrected chi connectivity index (χ0v) is 9.54. The maximum Gasteiger partial charge on any atom is 0.326 e. The fraction of sp³-hybridized carbons (Fsp3) is 0.444. The second-order valence-corrected chi connectivity index (χ2v) is 3.51. The normalized spacial score (nSPS) is 11.8. The number of hydrogen-bond donors (Lipinski definition) is 3. The van der Waals surface area contributed by atoms with Crippen LogP contribution < -0.4 is 11.1 Å². The Morgan fingerprint density at radius 3 is 2.61 bits per heavy atom. The molecule has 0 saturated heterocycles. The lowest BCUT2D eigenvalue weighted by atomic mass is 10.1. The van der Waals surface area contributed by atoms with E-state index in [2.05, 4.69) is 20.0 Å². The van der Waals surface area contributed by atoms with Crippen LogP contribution in [0.4, 0.5) is 0 Å². The number of primary amides is 1. The van der Waals surface area contributed by atoms with Gasteiger partial charge in [0, 0.05) is 13.3 Å². The molecular weight excluding hydrogens is 244 g/mol. The second-order valence-electron chi connectivity index (χ2n) is 3.51. The minimum absolute atomic E-state index is 0.104. The maximum absolute atomic E-state index is 11.5. The molecule has 9 nitrogen and oxygen atoms in total. The Hall–Kier alpha value is -2.45. The minimum Gasteiger partial charge on any atom is -0.480 e. The molecule has 98 valence electrons. The second kappa shape index (κ2) is 5.75. The molecule has 0 radical (unpaired) electrons. The number of carboxylic acids is 1. The standard InChI is InChI=1S/C9H12N4O5/c1-4-11-7(13-18-4)8(15)12-5(9(16)17)2-3-6(10)14/h5H,2-3H2,1H3,(H2,10,14)(H,12,15)(H,16,17). The van der Waals surface area contributed by atoms with Gasteiger partial charge in [-0.05, 0) is 6.42 Å². The Labute approximate surface area is 101 Å². The molecule has 9 heteroatoms. The Kier molecular flexibility index (Phi) is 4.35. The molecule has 0 aromatic carbocycles. The van der Waals surface area contributed by atoms with Gasteiger partial charge >= 0.3 is 5.97 Å². The van der Waals surface area contributed by atoms with Crippen LogP contribution in [0, 0.1) is 6.92 Å². The number of carbonyl (C=O) groups excluding carboxylic acids is 2. The highest BCUT2D eigenvalue weighted by molar-refractivity contribution is 5.93. The lowest BCUT2D eigenvalue weighted by Gasteiger charge is -2.11. The fourth-order valence-electron chi connectivity index (χ4n) is 1.16. The summed E-state index contributed by atoms with van der Waals surface area (Å²) in [6.45, 7) is 1.49. The van der Waals surface area contributed by atoms with E-state index in [0.717, 1.165) is 0 Å². The monoisotopic (exact) mass is 256 g/mol. The van der Waals surface area contributed by atoms with E-state index in [4.69, 9.17) is 10.8 Å². The molecule has 0 aliphatic carbocycles. The summed E-state index contributed by atoms with van der Waals surface area (Å²) in [6.07, 6.45) is -0.254. The molecule has 1 unspecified atom stereocenters. The molecule has 0 saturated carbocycles. The number of hydrogen-bond acceptors (Lipinski definition) is 6. The maximum atomic E-state index is 11.5. The summed E-state index contributed by atoms with van der Waals surface area (Å²) in [5.41, 5.74) is 4.90. The topological polar surface area (TPSA) is 148 Å². The van der Waals surface area contributed by atoms with Crippen molar-refractivity contribution in [2.75, 3.05) is 0 Å². The summed E-state index contributed by atoms with van der Waals surface area (Å²) in [4.78, 5) is 36.6. The van der Waals surface area contributed by atoms with Crippen LogP contribution >= 0.6 is 0 Å². The van der Waals surface area contributed by atoms with Crippen molar-refractivity contribution in [2.45, 2.75) is 25.8 Å². The first-order chi connectivity index (χ1) is 8.40. The summed E-state index contributed by atoms with van der Waals surface area (Å²) in [5, 5.41) is 14.4. The first-order valence-electron chi connectivity index (χ1n) is 5.02. The van der Waals surface area contributed by atoms with Crippen LogP contribution in [-0.4, -0.2) is 39.1 Å². The van der Waals surface area contributed by atoms with Crippen LogP contribution in [0.2, 0.25) is 0 Å². The number of nitrogens with two attached hydrogens (primary N) is 1. The number of aliphatic carboxylic acids is 1. The van der Waals surface area contributed by atoms with E-state index in [0.29, 0.717) is 0 Å². The lowest BCUT2D eigenvalue weighted by molar-refractivity contribution is -0.139. The molecule has 1 atom stereocenters. The van der Waals surface area contributed by atoms with Gasteiger partial charge in [0.1, 0.15) is 6.04 Å². The highest BCUT2D eigenvalue weighted by Crippen LogP contribution is 2.00. The molecule has 1 aromatic rings. The Balaban J connectivity index is 2.63. The van der Waals surface area contributed by atoms with Crippen molar-refractivity contribution in [3.8, 4) is 0 Å². The largest absolute Gasteiger partial charge is 0.480 e. The summed E-state index contributed by atoms with van der Waals surface area (Å²) >= 11 is 0. The molecule has 0 fully saturated rings. The molecule has 0 bridgehead atoms. The lowest BCUT2D eigenvalue weighted by Crippen LogP contribution is -2.41. The van der Waals surface area contributed by atoms with Gasteiger partial charge in [0.25, 0.3) is 11.7 Å². The summed E-state index contributed by atoms with van der Waals surface area (Å²) in [6, 6.07) is -1.23. The van der Waals surface area contributed by atoms with E-state index in [1.54, 1.807) is 0 Å². The zero-order chi connectivity index (χ0) is 13.7. The molecule has 1 heterocycles. The van der Waals surface area contributed by atoms with Crippen molar-refractivity contribution in [1.82, 2.24) is 15.5 Å². The number of amides is 2. The van der Waals surface area contributed by atoms with Crippen molar-refractivity contribution in [3.63, 3.8) is 0 Å². The van der Waals surface area contributed by atoms with Gasteiger partial charge in [-0.15, -0.1) is 0 Å². The minimum atomic E-state index is -1.27. The van der Waals surface area contributed by atoms with Gasteiger partial charge in [-0.1, -0.05) is 5.16 Å². The predicted molar refractivity (Wildman–Crippen MR) is 56.4 cm³/mol. The van der Waals surface area contributed by atoms with Gasteiger partial charge in [-0.2, -0.15) is 4.98 Å². The quantitative estimate of drug-likeness (QED) is 0.580. The summed E-state index contributed by atoms with van der Waals surface area (Å²) in [7, 11) is 0.